The van der Waals surface area contributed by atoms with Gasteiger partial charge in [0.05, 0.1) is 16.9 Å². The number of ether oxygens (including phenoxy) is 1. The molecule has 1 aliphatic heterocycles. The standard InChI is InChI=1S/C16H18N2O6/c19-14(10-24-12-3-1-2-11(8-12)18(22)23)17-6-4-16(5-7-17)9-13(16)15(20)21/h1-3,8,13H,4-7,9-10H2,(H,20,21). The molecule has 1 spiro atoms. The van der Waals surface area contributed by atoms with Crippen LogP contribution in [0.1, 0.15) is 19.3 Å². The monoisotopic (exact) mass is 334 g/mol. The Bertz CT molecular complexity index is 681. The van der Waals surface area contributed by atoms with E-state index in [2.05, 4.69) is 0 Å². The minimum absolute atomic E-state index is 0.0895. The summed E-state index contributed by atoms with van der Waals surface area (Å²) in [7, 11) is 0. The molecule has 2 fully saturated rings. The lowest BCUT2D eigenvalue weighted by Crippen LogP contribution is -2.42. The van der Waals surface area contributed by atoms with Gasteiger partial charge in [-0.3, -0.25) is 19.7 Å². The molecule has 1 heterocycles. The Balaban J connectivity index is 1.49. The molecule has 0 radical (unpaired) electrons. The van der Waals surface area contributed by atoms with Gasteiger partial charge < -0.3 is 14.7 Å². The highest BCUT2D eigenvalue weighted by Gasteiger charge is 2.59. The maximum atomic E-state index is 12.2. The zero-order valence-corrected chi connectivity index (χ0v) is 13.0. The quantitative estimate of drug-likeness (QED) is 0.648. The summed E-state index contributed by atoms with van der Waals surface area (Å²) in [6, 6.07) is 5.70. The van der Waals surface area contributed by atoms with Gasteiger partial charge in [-0.15, -0.1) is 0 Å². The van der Waals surface area contributed by atoms with Crippen LogP contribution in [0.2, 0.25) is 0 Å². The number of carbonyl (C=O) groups excluding carboxylic acids is 1. The fourth-order valence-corrected chi connectivity index (χ4v) is 3.37. The molecule has 1 saturated heterocycles. The first kappa shape index (κ1) is 16.2. The third-order valence-electron chi connectivity index (χ3n) is 4.99. The zero-order chi connectivity index (χ0) is 17.3. The van der Waals surface area contributed by atoms with E-state index in [-0.39, 0.29) is 35.3 Å². The molecule has 1 saturated carbocycles. The maximum Gasteiger partial charge on any atom is 0.307 e. The molecule has 128 valence electrons. The van der Waals surface area contributed by atoms with Crippen molar-refractivity contribution in [1.82, 2.24) is 4.90 Å². The molecule has 8 heteroatoms. The Hall–Kier alpha value is -2.64. The van der Waals surface area contributed by atoms with Crippen molar-refractivity contribution in [2.75, 3.05) is 19.7 Å². The van der Waals surface area contributed by atoms with Gasteiger partial charge in [-0.05, 0) is 30.7 Å². The van der Waals surface area contributed by atoms with Crippen LogP contribution in [0.3, 0.4) is 0 Å². The Morgan fingerprint density at radius 3 is 2.67 bits per heavy atom. The van der Waals surface area contributed by atoms with E-state index >= 15 is 0 Å². The molecule has 0 bridgehead atoms. The van der Waals surface area contributed by atoms with Crippen LogP contribution in [0, 0.1) is 21.4 Å². The first-order valence-electron chi connectivity index (χ1n) is 7.79. The van der Waals surface area contributed by atoms with E-state index in [1.165, 1.54) is 18.2 Å². The molecular weight excluding hydrogens is 316 g/mol. The average molecular weight is 334 g/mol. The SMILES string of the molecule is O=C(O)C1CC12CCN(C(=O)COc1cccc([N+](=O)[O-])c1)CC2. The third kappa shape index (κ3) is 3.17. The van der Waals surface area contributed by atoms with E-state index in [1.807, 2.05) is 0 Å². The summed E-state index contributed by atoms with van der Waals surface area (Å²) in [6.07, 6.45) is 2.10. The number of carboxylic acid groups (broad SMARTS) is 1. The summed E-state index contributed by atoms with van der Waals surface area (Å²) in [5, 5.41) is 19.8. The molecule has 1 aromatic rings. The molecule has 3 rings (SSSR count). The molecule has 1 unspecified atom stereocenters. The number of nitro benzene ring substituents is 1. The summed E-state index contributed by atoms with van der Waals surface area (Å²) in [5.74, 6) is -0.928. The van der Waals surface area contributed by atoms with Crippen molar-refractivity contribution in [3.05, 3.63) is 34.4 Å². The first-order chi connectivity index (χ1) is 11.4. The van der Waals surface area contributed by atoms with Crippen molar-refractivity contribution in [3.8, 4) is 5.75 Å². The lowest BCUT2D eigenvalue weighted by Gasteiger charge is -2.32. The van der Waals surface area contributed by atoms with Gasteiger partial charge in [-0.1, -0.05) is 6.07 Å². The van der Waals surface area contributed by atoms with Crippen molar-refractivity contribution in [3.63, 3.8) is 0 Å². The van der Waals surface area contributed by atoms with Gasteiger partial charge in [0.15, 0.2) is 6.61 Å². The summed E-state index contributed by atoms with van der Waals surface area (Å²) < 4.78 is 5.35. The van der Waals surface area contributed by atoms with Gasteiger partial charge in [0, 0.05) is 19.2 Å². The van der Waals surface area contributed by atoms with Gasteiger partial charge in [0.25, 0.3) is 11.6 Å². The smallest absolute Gasteiger partial charge is 0.307 e. The number of hydrogen-bond donors (Lipinski definition) is 1. The fourth-order valence-electron chi connectivity index (χ4n) is 3.37. The number of carboxylic acids is 1. The average Bonchev–Trinajstić information content (AvgIpc) is 3.27. The summed E-state index contributed by atoms with van der Waals surface area (Å²) in [4.78, 5) is 35.1. The van der Waals surface area contributed by atoms with Gasteiger partial charge in [-0.25, -0.2) is 0 Å². The van der Waals surface area contributed by atoms with Crippen molar-refractivity contribution >= 4 is 17.6 Å². The second-order valence-electron chi connectivity index (χ2n) is 6.38. The predicted octanol–water partition coefficient (Wildman–Crippen LogP) is 1.69. The number of non-ortho nitro benzene ring substituents is 1. The van der Waals surface area contributed by atoms with Crippen molar-refractivity contribution in [2.45, 2.75) is 19.3 Å². The van der Waals surface area contributed by atoms with Gasteiger partial charge in [0.1, 0.15) is 5.75 Å². The number of hydrogen-bond acceptors (Lipinski definition) is 5. The normalized spacial score (nSPS) is 21.3. The second kappa shape index (κ2) is 6.10. The molecule has 1 N–H and O–H groups in total. The highest BCUT2D eigenvalue weighted by molar-refractivity contribution is 5.78. The van der Waals surface area contributed by atoms with E-state index in [0.717, 1.165) is 0 Å². The molecule has 1 aromatic carbocycles. The number of carbonyl (C=O) groups is 2. The number of rotatable bonds is 5. The summed E-state index contributed by atoms with van der Waals surface area (Å²) >= 11 is 0. The van der Waals surface area contributed by atoms with Crippen LogP contribution in [0.5, 0.6) is 5.75 Å². The highest BCUT2D eigenvalue weighted by Crippen LogP contribution is 2.59. The lowest BCUT2D eigenvalue weighted by atomic mass is 9.91. The summed E-state index contributed by atoms with van der Waals surface area (Å²) in [5.41, 5.74) is -0.211. The topological polar surface area (TPSA) is 110 Å². The molecule has 1 atom stereocenters. The Morgan fingerprint density at radius 2 is 2.08 bits per heavy atom. The van der Waals surface area contributed by atoms with E-state index < -0.39 is 10.9 Å². The molecule has 0 aromatic heterocycles. The van der Waals surface area contributed by atoms with Crippen LogP contribution in [0.4, 0.5) is 5.69 Å². The Labute approximate surface area is 138 Å². The highest BCUT2D eigenvalue weighted by atomic mass is 16.6. The molecule has 2 aliphatic rings. The van der Waals surface area contributed by atoms with E-state index in [4.69, 9.17) is 9.84 Å². The maximum absolute atomic E-state index is 12.2. The second-order valence-corrected chi connectivity index (χ2v) is 6.38. The van der Waals surface area contributed by atoms with Crippen LogP contribution in [0.15, 0.2) is 24.3 Å². The van der Waals surface area contributed by atoms with Gasteiger partial charge >= 0.3 is 5.97 Å². The Kier molecular flexibility index (Phi) is 4.13. The number of likely N-dealkylation sites (tertiary alicyclic amines) is 1. The largest absolute Gasteiger partial charge is 0.484 e. The molecule has 8 nitrogen and oxygen atoms in total. The number of benzene rings is 1. The van der Waals surface area contributed by atoms with Gasteiger partial charge in [0.2, 0.25) is 0 Å². The molecule has 24 heavy (non-hydrogen) atoms. The molecule has 1 amide bonds. The fraction of sp³-hybridized carbons (Fsp3) is 0.500. The van der Waals surface area contributed by atoms with Crippen molar-refractivity contribution in [1.29, 1.82) is 0 Å². The number of amides is 1. The van der Waals surface area contributed by atoms with Crippen LogP contribution in [-0.4, -0.2) is 46.5 Å². The third-order valence-corrected chi connectivity index (χ3v) is 4.99. The summed E-state index contributed by atoms with van der Waals surface area (Å²) in [6.45, 7) is 0.873. The lowest BCUT2D eigenvalue weighted by molar-refractivity contribution is -0.384. The molecular formula is C16H18N2O6. The van der Waals surface area contributed by atoms with Crippen LogP contribution < -0.4 is 4.74 Å². The number of aliphatic carboxylic acids is 1. The Morgan fingerprint density at radius 1 is 1.38 bits per heavy atom. The number of nitrogens with zero attached hydrogens (tertiary/aromatic N) is 2. The van der Waals surface area contributed by atoms with Crippen LogP contribution in [0.25, 0.3) is 0 Å². The minimum Gasteiger partial charge on any atom is -0.484 e. The number of nitro groups is 1. The van der Waals surface area contributed by atoms with Gasteiger partial charge in [-0.2, -0.15) is 0 Å². The van der Waals surface area contributed by atoms with Crippen LogP contribution in [-0.2, 0) is 9.59 Å². The van der Waals surface area contributed by atoms with E-state index in [9.17, 15) is 19.7 Å². The van der Waals surface area contributed by atoms with E-state index in [1.54, 1.807) is 11.0 Å². The van der Waals surface area contributed by atoms with Crippen LogP contribution >= 0.6 is 0 Å². The minimum atomic E-state index is -0.746. The van der Waals surface area contributed by atoms with Crippen molar-refractivity contribution < 1.29 is 24.4 Å². The first-order valence-corrected chi connectivity index (χ1v) is 7.79. The molecule has 1 aliphatic carbocycles. The number of piperidine rings is 1. The van der Waals surface area contributed by atoms with Crippen molar-refractivity contribution in [2.24, 2.45) is 11.3 Å². The zero-order valence-electron chi connectivity index (χ0n) is 13.0. The van der Waals surface area contributed by atoms with E-state index in [0.29, 0.717) is 32.4 Å². The predicted molar refractivity (Wildman–Crippen MR) is 82.6 cm³/mol.